The summed E-state index contributed by atoms with van der Waals surface area (Å²) in [4.78, 5) is 0. The van der Waals surface area contributed by atoms with E-state index in [0.29, 0.717) is 12.6 Å². The zero-order valence-electron chi connectivity index (χ0n) is 12.3. The van der Waals surface area contributed by atoms with Crippen LogP contribution in [0.5, 0.6) is 5.75 Å². The predicted octanol–water partition coefficient (Wildman–Crippen LogP) is 5.23. The van der Waals surface area contributed by atoms with Gasteiger partial charge in [-0.05, 0) is 59.8 Å². The lowest BCUT2D eigenvalue weighted by Crippen LogP contribution is -2.26. The van der Waals surface area contributed by atoms with Gasteiger partial charge in [-0.15, -0.1) is 0 Å². The lowest BCUT2D eigenvalue weighted by atomic mass is 10.1. The molecule has 0 spiro atoms. The first-order valence-electron chi connectivity index (χ1n) is 7.00. The standard InChI is InChI=1S/C15H23Br2NOS/c1-4-19-15-12(8-13(16)9-14(15)17)10-18-11(3)6-7-20-5-2/h8-9,11,18H,4-7,10H2,1-3H3. The highest BCUT2D eigenvalue weighted by Gasteiger charge is 2.11. The number of hydrogen-bond donors (Lipinski definition) is 1. The third kappa shape index (κ3) is 6.37. The number of nitrogens with one attached hydrogen (secondary N) is 1. The molecule has 0 amide bonds. The molecule has 0 heterocycles. The van der Waals surface area contributed by atoms with Crippen molar-refractivity contribution in [1.29, 1.82) is 0 Å². The molecule has 0 saturated heterocycles. The van der Waals surface area contributed by atoms with E-state index < -0.39 is 0 Å². The van der Waals surface area contributed by atoms with Gasteiger partial charge in [0, 0.05) is 22.6 Å². The summed E-state index contributed by atoms with van der Waals surface area (Å²) >= 11 is 9.11. The summed E-state index contributed by atoms with van der Waals surface area (Å²) in [5, 5.41) is 3.58. The fourth-order valence-electron chi connectivity index (χ4n) is 1.84. The first kappa shape index (κ1) is 18.3. The molecule has 1 N–H and O–H groups in total. The van der Waals surface area contributed by atoms with Gasteiger partial charge in [-0.2, -0.15) is 11.8 Å². The molecule has 0 aliphatic carbocycles. The fourth-order valence-corrected chi connectivity index (χ4v) is 4.08. The van der Waals surface area contributed by atoms with Crippen molar-refractivity contribution in [2.45, 2.75) is 39.8 Å². The summed E-state index contributed by atoms with van der Waals surface area (Å²) < 4.78 is 7.81. The summed E-state index contributed by atoms with van der Waals surface area (Å²) in [7, 11) is 0. The van der Waals surface area contributed by atoms with Gasteiger partial charge < -0.3 is 10.1 Å². The van der Waals surface area contributed by atoms with Gasteiger partial charge in [0.2, 0.25) is 0 Å². The van der Waals surface area contributed by atoms with Gasteiger partial charge in [-0.3, -0.25) is 0 Å². The summed E-state index contributed by atoms with van der Waals surface area (Å²) in [6, 6.07) is 4.66. The topological polar surface area (TPSA) is 21.3 Å². The minimum Gasteiger partial charge on any atom is -0.492 e. The van der Waals surface area contributed by atoms with E-state index >= 15 is 0 Å². The summed E-state index contributed by atoms with van der Waals surface area (Å²) in [6.45, 7) is 7.96. The Morgan fingerprint density at radius 1 is 1.30 bits per heavy atom. The van der Waals surface area contributed by atoms with Gasteiger partial charge in [0.1, 0.15) is 5.75 Å². The van der Waals surface area contributed by atoms with E-state index in [-0.39, 0.29) is 0 Å². The van der Waals surface area contributed by atoms with Crippen molar-refractivity contribution < 1.29 is 4.74 Å². The van der Waals surface area contributed by atoms with Gasteiger partial charge in [-0.25, -0.2) is 0 Å². The van der Waals surface area contributed by atoms with Crippen LogP contribution in [-0.4, -0.2) is 24.2 Å². The van der Waals surface area contributed by atoms with Crippen molar-refractivity contribution in [2.75, 3.05) is 18.1 Å². The van der Waals surface area contributed by atoms with Crippen LogP contribution in [0.3, 0.4) is 0 Å². The Hall–Kier alpha value is 0.290. The molecule has 5 heteroatoms. The van der Waals surface area contributed by atoms with Crippen molar-refractivity contribution in [2.24, 2.45) is 0 Å². The molecule has 114 valence electrons. The molecule has 0 saturated carbocycles. The molecule has 1 rings (SSSR count). The van der Waals surface area contributed by atoms with Gasteiger partial charge in [0.05, 0.1) is 11.1 Å². The predicted molar refractivity (Wildman–Crippen MR) is 96.9 cm³/mol. The average Bonchev–Trinajstić information content (AvgIpc) is 2.40. The second-order valence-corrected chi connectivity index (χ2v) is 7.74. The first-order chi connectivity index (χ1) is 9.58. The minimum atomic E-state index is 0.515. The van der Waals surface area contributed by atoms with Crippen LogP contribution in [-0.2, 0) is 6.54 Å². The van der Waals surface area contributed by atoms with E-state index in [0.717, 1.165) is 21.2 Å². The summed E-state index contributed by atoms with van der Waals surface area (Å²) in [5.74, 6) is 3.35. The van der Waals surface area contributed by atoms with Gasteiger partial charge in [-0.1, -0.05) is 22.9 Å². The molecule has 20 heavy (non-hydrogen) atoms. The number of rotatable bonds is 9. The molecule has 0 fully saturated rings. The maximum atomic E-state index is 5.74. The van der Waals surface area contributed by atoms with Crippen LogP contribution in [0.1, 0.15) is 32.8 Å². The highest BCUT2D eigenvalue weighted by atomic mass is 79.9. The Morgan fingerprint density at radius 3 is 2.70 bits per heavy atom. The normalized spacial score (nSPS) is 12.4. The van der Waals surface area contributed by atoms with Crippen molar-refractivity contribution in [3.05, 3.63) is 26.6 Å². The number of thioether (sulfide) groups is 1. The largest absolute Gasteiger partial charge is 0.492 e. The van der Waals surface area contributed by atoms with Crippen LogP contribution >= 0.6 is 43.6 Å². The molecule has 0 radical (unpaired) electrons. The highest BCUT2D eigenvalue weighted by Crippen LogP contribution is 2.33. The zero-order chi connectivity index (χ0) is 15.0. The van der Waals surface area contributed by atoms with Crippen LogP contribution in [0, 0.1) is 0 Å². The lowest BCUT2D eigenvalue weighted by molar-refractivity contribution is 0.332. The molecule has 1 aromatic carbocycles. The number of ether oxygens (including phenoxy) is 1. The molecule has 0 aliphatic heterocycles. The average molecular weight is 425 g/mol. The Balaban J connectivity index is 2.62. The molecule has 1 unspecified atom stereocenters. The Labute approximate surface area is 143 Å². The highest BCUT2D eigenvalue weighted by molar-refractivity contribution is 9.11. The lowest BCUT2D eigenvalue weighted by Gasteiger charge is -2.17. The molecular formula is C15H23Br2NOS. The van der Waals surface area contributed by atoms with E-state index in [4.69, 9.17) is 4.74 Å². The van der Waals surface area contributed by atoms with Crippen LogP contribution in [0.15, 0.2) is 21.1 Å². The van der Waals surface area contributed by atoms with Crippen LogP contribution in [0.25, 0.3) is 0 Å². The van der Waals surface area contributed by atoms with Crippen LogP contribution in [0.2, 0.25) is 0 Å². The Kier molecular flexibility index (Phi) is 9.25. The van der Waals surface area contributed by atoms with Crippen molar-refractivity contribution in [1.82, 2.24) is 5.32 Å². The second kappa shape index (κ2) is 10.1. The second-order valence-electron chi connectivity index (χ2n) is 4.58. The van der Waals surface area contributed by atoms with Gasteiger partial charge >= 0.3 is 0 Å². The van der Waals surface area contributed by atoms with E-state index in [2.05, 4.69) is 57.1 Å². The van der Waals surface area contributed by atoms with Crippen molar-refractivity contribution in [3.8, 4) is 5.75 Å². The van der Waals surface area contributed by atoms with Gasteiger partial charge in [0.15, 0.2) is 0 Å². The van der Waals surface area contributed by atoms with E-state index in [9.17, 15) is 0 Å². The monoisotopic (exact) mass is 423 g/mol. The van der Waals surface area contributed by atoms with E-state index in [1.807, 2.05) is 24.8 Å². The van der Waals surface area contributed by atoms with Crippen LogP contribution < -0.4 is 10.1 Å². The molecule has 0 aromatic heterocycles. The summed E-state index contributed by atoms with van der Waals surface area (Å²) in [6.07, 6.45) is 1.19. The van der Waals surface area contributed by atoms with E-state index in [1.165, 1.54) is 23.5 Å². The third-order valence-corrected chi connectivity index (χ3v) is 4.89. The minimum absolute atomic E-state index is 0.515. The summed E-state index contributed by atoms with van der Waals surface area (Å²) in [5.41, 5.74) is 1.18. The quantitative estimate of drug-likeness (QED) is 0.548. The van der Waals surface area contributed by atoms with E-state index in [1.54, 1.807) is 0 Å². The Morgan fingerprint density at radius 2 is 2.05 bits per heavy atom. The fraction of sp³-hybridized carbons (Fsp3) is 0.600. The smallest absolute Gasteiger partial charge is 0.138 e. The SMILES string of the molecule is CCOc1c(Br)cc(Br)cc1CNC(C)CCSCC. The molecule has 1 aromatic rings. The van der Waals surface area contributed by atoms with Crippen LogP contribution in [0.4, 0.5) is 0 Å². The maximum absolute atomic E-state index is 5.74. The maximum Gasteiger partial charge on any atom is 0.138 e. The molecule has 2 nitrogen and oxygen atoms in total. The number of benzene rings is 1. The molecule has 0 bridgehead atoms. The molecule has 0 aliphatic rings. The number of halogens is 2. The Bertz CT molecular complexity index is 415. The molecule has 1 atom stereocenters. The first-order valence-corrected chi connectivity index (χ1v) is 9.74. The van der Waals surface area contributed by atoms with Crippen molar-refractivity contribution >= 4 is 43.6 Å². The number of hydrogen-bond acceptors (Lipinski definition) is 3. The van der Waals surface area contributed by atoms with Crippen molar-refractivity contribution in [3.63, 3.8) is 0 Å². The third-order valence-electron chi connectivity index (χ3n) is 2.91. The zero-order valence-corrected chi connectivity index (χ0v) is 16.3. The molecular weight excluding hydrogens is 402 g/mol. The van der Waals surface area contributed by atoms with Gasteiger partial charge in [0.25, 0.3) is 0 Å².